The molecule has 1 aliphatic rings. The molecule has 0 amide bonds. The van der Waals surface area contributed by atoms with Gasteiger partial charge < -0.3 is 9.15 Å². The number of ether oxygens (including phenoxy) is 1. The maximum atomic E-state index is 5.89. The lowest BCUT2D eigenvalue weighted by Gasteiger charge is -2.14. The summed E-state index contributed by atoms with van der Waals surface area (Å²) in [4.78, 5) is 0. The first-order valence-corrected chi connectivity index (χ1v) is 7.32. The minimum absolute atomic E-state index is 0.491. The van der Waals surface area contributed by atoms with Crippen LogP contribution in [0.2, 0.25) is 0 Å². The standard InChI is InChI=1S/C16H26O2/c1-12(2)9-15-6-7-16(18-15)11-13(3)10-14-5-4-8-17-14/h6-7,12-14H,4-5,8-11H2,1-3H3. The van der Waals surface area contributed by atoms with Gasteiger partial charge in [0, 0.05) is 19.4 Å². The summed E-state index contributed by atoms with van der Waals surface area (Å²) in [6, 6.07) is 4.28. The molecule has 2 heterocycles. The van der Waals surface area contributed by atoms with Crippen LogP contribution in [0.5, 0.6) is 0 Å². The third kappa shape index (κ3) is 4.16. The fourth-order valence-electron chi connectivity index (χ4n) is 2.75. The predicted octanol–water partition coefficient (Wildman–Crippen LogP) is 4.23. The van der Waals surface area contributed by atoms with Crippen molar-refractivity contribution in [2.45, 2.75) is 59.0 Å². The van der Waals surface area contributed by atoms with Gasteiger partial charge in [0.2, 0.25) is 0 Å². The van der Waals surface area contributed by atoms with E-state index in [4.69, 9.17) is 9.15 Å². The Labute approximate surface area is 111 Å². The van der Waals surface area contributed by atoms with Crippen molar-refractivity contribution in [1.82, 2.24) is 0 Å². The molecule has 0 radical (unpaired) electrons. The van der Waals surface area contributed by atoms with Crippen molar-refractivity contribution in [3.8, 4) is 0 Å². The van der Waals surface area contributed by atoms with E-state index in [2.05, 4.69) is 32.9 Å². The van der Waals surface area contributed by atoms with Gasteiger partial charge in [-0.15, -0.1) is 0 Å². The van der Waals surface area contributed by atoms with E-state index in [0.29, 0.717) is 17.9 Å². The van der Waals surface area contributed by atoms with Crippen molar-refractivity contribution in [3.63, 3.8) is 0 Å². The Kier molecular flexibility index (Phi) is 4.87. The van der Waals surface area contributed by atoms with E-state index >= 15 is 0 Å². The summed E-state index contributed by atoms with van der Waals surface area (Å²) in [6.07, 6.45) is 6.21. The van der Waals surface area contributed by atoms with Crippen LogP contribution < -0.4 is 0 Å². The molecular formula is C16H26O2. The van der Waals surface area contributed by atoms with Crippen LogP contribution in [0.4, 0.5) is 0 Å². The highest BCUT2D eigenvalue weighted by Gasteiger charge is 2.19. The molecule has 18 heavy (non-hydrogen) atoms. The molecule has 0 aromatic carbocycles. The number of furan rings is 1. The summed E-state index contributed by atoms with van der Waals surface area (Å²) in [7, 11) is 0. The van der Waals surface area contributed by atoms with E-state index < -0.39 is 0 Å². The number of hydrogen-bond donors (Lipinski definition) is 0. The smallest absolute Gasteiger partial charge is 0.104 e. The average Bonchev–Trinajstić information content (AvgIpc) is 2.89. The summed E-state index contributed by atoms with van der Waals surface area (Å²) >= 11 is 0. The van der Waals surface area contributed by atoms with Gasteiger partial charge in [0.25, 0.3) is 0 Å². The van der Waals surface area contributed by atoms with Crippen LogP contribution in [0.25, 0.3) is 0 Å². The van der Waals surface area contributed by atoms with Gasteiger partial charge in [0.15, 0.2) is 0 Å². The van der Waals surface area contributed by atoms with Crippen molar-refractivity contribution in [3.05, 3.63) is 23.7 Å². The molecule has 0 N–H and O–H groups in total. The van der Waals surface area contributed by atoms with Crippen LogP contribution in [0.15, 0.2) is 16.5 Å². The van der Waals surface area contributed by atoms with Crippen molar-refractivity contribution in [2.24, 2.45) is 11.8 Å². The third-order valence-corrected chi connectivity index (χ3v) is 3.57. The fourth-order valence-corrected chi connectivity index (χ4v) is 2.75. The monoisotopic (exact) mass is 250 g/mol. The zero-order chi connectivity index (χ0) is 13.0. The van der Waals surface area contributed by atoms with Crippen LogP contribution >= 0.6 is 0 Å². The van der Waals surface area contributed by atoms with Gasteiger partial charge >= 0.3 is 0 Å². The van der Waals surface area contributed by atoms with Gasteiger partial charge in [-0.2, -0.15) is 0 Å². The normalized spacial score (nSPS) is 21.7. The second-order valence-corrected chi connectivity index (χ2v) is 6.15. The molecule has 0 saturated carbocycles. The van der Waals surface area contributed by atoms with Crippen LogP contribution in [0, 0.1) is 11.8 Å². The second kappa shape index (κ2) is 6.42. The highest BCUT2D eigenvalue weighted by Crippen LogP contribution is 2.23. The first-order chi connectivity index (χ1) is 8.63. The highest BCUT2D eigenvalue weighted by atomic mass is 16.5. The molecule has 0 aliphatic carbocycles. The maximum absolute atomic E-state index is 5.89. The molecule has 2 heteroatoms. The number of hydrogen-bond acceptors (Lipinski definition) is 2. The molecule has 1 aliphatic heterocycles. The number of rotatable bonds is 6. The van der Waals surface area contributed by atoms with Crippen LogP contribution in [0.1, 0.15) is 51.6 Å². The van der Waals surface area contributed by atoms with Gasteiger partial charge in [-0.05, 0) is 43.2 Å². The van der Waals surface area contributed by atoms with Gasteiger partial charge in [-0.3, -0.25) is 0 Å². The molecule has 1 fully saturated rings. The summed E-state index contributed by atoms with van der Waals surface area (Å²) in [5, 5.41) is 0. The highest BCUT2D eigenvalue weighted by molar-refractivity contribution is 5.08. The lowest BCUT2D eigenvalue weighted by Crippen LogP contribution is -2.12. The van der Waals surface area contributed by atoms with Crippen molar-refractivity contribution in [1.29, 1.82) is 0 Å². The van der Waals surface area contributed by atoms with Crippen molar-refractivity contribution >= 4 is 0 Å². The Hall–Kier alpha value is -0.760. The molecule has 2 nitrogen and oxygen atoms in total. The molecule has 1 saturated heterocycles. The summed E-state index contributed by atoms with van der Waals surface area (Å²) in [6.45, 7) is 7.70. The Morgan fingerprint density at radius 2 is 1.89 bits per heavy atom. The van der Waals surface area contributed by atoms with Crippen LogP contribution in [-0.2, 0) is 17.6 Å². The maximum Gasteiger partial charge on any atom is 0.104 e. The second-order valence-electron chi connectivity index (χ2n) is 6.15. The van der Waals surface area contributed by atoms with Crippen LogP contribution in [0.3, 0.4) is 0 Å². The third-order valence-electron chi connectivity index (χ3n) is 3.57. The molecule has 2 rings (SSSR count). The van der Waals surface area contributed by atoms with E-state index in [1.54, 1.807) is 0 Å². The molecule has 0 bridgehead atoms. The molecule has 2 atom stereocenters. The Balaban J connectivity index is 1.79. The molecule has 102 valence electrons. The fraction of sp³-hybridized carbons (Fsp3) is 0.750. The van der Waals surface area contributed by atoms with E-state index in [1.165, 1.54) is 19.3 Å². The van der Waals surface area contributed by atoms with E-state index in [9.17, 15) is 0 Å². The van der Waals surface area contributed by atoms with Gasteiger partial charge in [-0.25, -0.2) is 0 Å². The summed E-state index contributed by atoms with van der Waals surface area (Å²) in [5.74, 6) is 3.57. The molecule has 0 spiro atoms. The van der Waals surface area contributed by atoms with E-state index in [-0.39, 0.29) is 0 Å². The summed E-state index contributed by atoms with van der Waals surface area (Å²) < 4.78 is 11.6. The first-order valence-electron chi connectivity index (χ1n) is 7.32. The largest absolute Gasteiger partial charge is 0.466 e. The topological polar surface area (TPSA) is 22.4 Å². The lowest BCUT2D eigenvalue weighted by molar-refractivity contribution is 0.0911. The van der Waals surface area contributed by atoms with Gasteiger partial charge in [-0.1, -0.05) is 20.8 Å². The Morgan fingerprint density at radius 3 is 2.50 bits per heavy atom. The average molecular weight is 250 g/mol. The quantitative estimate of drug-likeness (QED) is 0.754. The predicted molar refractivity (Wildman–Crippen MR) is 73.7 cm³/mol. The Morgan fingerprint density at radius 1 is 1.17 bits per heavy atom. The molecular weight excluding hydrogens is 224 g/mol. The lowest BCUT2D eigenvalue weighted by atomic mass is 9.97. The van der Waals surface area contributed by atoms with Crippen molar-refractivity contribution in [2.75, 3.05) is 6.61 Å². The molecule has 1 aromatic rings. The zero-order valence-electron chi connectivity index (χ0n) is 11.9. The minimum atomic E-state index is 0.491. The zero-order valence-corrected chi connectivity index (χ0v) is 11.9. The minimum Gasteiger partial charge on any atom is -0.466 e. The molecule has 1 aromatic heterocycles. The van der Waals surface area contributed by atoms with E-state index in [1.807, 2.05) is 0 Å². The SMILES string of the molecule is CC(C)Cc1ccc(CC(C)CC2CCCO2)o1. The van der Waals surface area contributed by atoms with Crippen LogP contribution in [-0.4, -0.2) is 12.7 Å². The van der Waals surface area contributed by atoms with Crippen molar-refractivity contribution < 1.29 is 9.15 Å². The Bertz CT molecular complexity index is 348. The summed E-state index contributed by atoms with van der Waals surface area (Å²) in [5.41, 5.74) is 0. The van der Waals surface area contributed by atoms with Gasteiger partial charge in [0.1, 0.15) is 11.5 Å². The van der Waals surface area contributed by atoms with Gasteiger partial charge in [0.05, 0.1) is 6.10 Å². The molecule has 2 unspecified atom stereocenters. The first kappa shape index (κ1) is 13.7. The van der Waals surface area contributed by atoms with E-state index in [0.717, 1.165) is 31.0 Å².